The van der Waals surface area contributed by atoms with E-state index < -0.39 is 0 Å². The van der Waals surface area contributed by atoms with Gasteiger partial charge in [-0.05, 0) is 32.8 Å². The van der Waals surface area contributed by atoms with Crippen LogP contribution in [0.15, 0.2) is 11.2 Å². The number of rotatable bonds is 7. The van der Waals surface area contributed by atoms with Gasteiger partial charge in [-0.25, -0.2) is 0 Å². The molecule has 0 saturated heterocycles. The zero-order chi connectivity index (χ0) is 16.0. The second kappa shape index (κ2) is 7.83. The Balaban J connectivity index is 3.48. The molecule has 1 aromatic heterocycles. The zero-order valence-electron chi connectivity index (χ0n) is 13.3. The first kappa shape index (κ1) is 17.2. The van der Waals surface area contributed by atoms with Crippen LogP contribution >= 0.6 is 0 Å². The lowest BCUT2D eigenvalue weighted by Gasteiger charge is -2.34. The molecule has 0 saturated carbocycles. The Morgan fingerprint density at radius 3 is 2.48 bits per heavy atom. The van der Waals surface area contributed by atoms with Crippen LogP contribution in [0.25, 0.3) is 0 Å². The molecule has 0 radical (unpaired) electrons. The third-order valence-corrected chi connectivity index (χ3v) is 3.71. The third-order valence-electron chi connectivity index (χ3n) is 3.71. The zero-order valence-corrected chi connectivity index (χ0v) is 13.3. The minimum Gasteiger partial charge on any atom is -0.409 e. The van der Waals surface area contributed by atoms with Gasteiger partial charge in [0.2, 0.25) is 0 Å². The minimum atomic E-state index is 0.0453. The highest BCUT2D eigenvalue weighted by Gasteiger charge is 2.22. The van der Waals surface area contributed by atoms with Crippen molar-refractivity contribution < 1.29 is 10.3 Å². The van der Waals surface area contributed by atoms with Crippen LogP contribution < -0.4 is 10.6 Å². The largest absolute Gasteiger partial charge is 0.409 e. The number of aryl methyl sites for hydroxylation is 2. The summed E-state index contributed by atoms with van der Waals surface area (Å²) in [7, 11) is 0. The average molecular weight is 294 g/mol. The Labute approximate surface area is 126 Å². The molecule has 0 fully saturated rings. The quantitative estimate of drug-likeness (QED) is 0.308. The third kappa shape index (κ3) is 3.85. The number of aliphatic hydroxyl groups excluding tert-OH is 1. The van der Waals surface area contributed by atoms with E-state index in [4.69, 9.17) is 10.9 Å². The summed E-state index contributed by atoms with van der Waals surface area (Å²) in [5.41, 5.74) is 8.90. The molecule has 1 aromatic rings. The lowest BCUT2D eigenvalue weighted by molar-refractivity contribution is 0.296. The molecule has 0 amide bonds. The highest BCUT2D eigenvalue weighted by atomic mass is 16.4. The lowest BCUT2D eigenvalue weighted by atomic mass is 10.0. The Morgan fingerprint density at radius 1 is 1.38 bits per heavy atom. The van der Waals surface area contributed by atoms with Crippen molar-refractivity contribution in [2.45, 2.75) is 46.6 Å². The minimum absolute atomic E-state index is 0.0453. The first-order valence-corrected chi connectivity index (χ1v) is 7.33. The predicted molar refractivity (Wildman–Crippen MR) is 85.0 cm³/mol. The van der Waals surface area contributed by atoms with E-state index in [2.05, 4.69) is 28.9 Å². The first-order chi connectivity index (χ1) is 9.99. The number of hydrogen-bond donors (Lipinski definition) is 3. The molecule has 118 valence electrons. The molecule has 0 atom stereocenters. The molecule has 0 spiro atoms. The Kier molecular flexibility index (Phi) is 6.42. The van der Waals surface area contributed by atoms with Crippen LogP contribution in [0.5, 0.6) is 0 Å². The maximum absolute atomic E-state index is 9.40. The van der Waals surface area contributed by atoms with Gasteiger partial charge in [0.15, 0.2) is 5.84 Å². The summed E-state index contributed by atoms with van der Waals surface area (Å²) in [4.78, 5) is 6.52. The second-order valence-electron chi connectivity index (χ2n) is 5.12. The number of hydrogen-bond acceptors (Lipinski definition) is 5. The fourth-order valence-corrected chi connectivity index (χ4v) is 2.74. The summed E-state index contributed by atoms with van der Waals surface area (Å²) in [6.45, 7) is 8.53. The van der Waals surface area contributed by atoms with E-state index in [0.29, 0.717) is 17.8 Å². The molecule has 1 rings (SSSR count). The number of pyridine rings is 1. The van der Waals surface area contributed by atoms with Crippen LogP contribution in [0, 0.1) is 13.8 Å². The van der Waals surface area contributed by atoms with Gasteiger partial charge in [-0.3, -0.25) is 4.98 Å². The number of nitrogens with two attached hydrogens (primary N) is 1. The average Bonchev–Trinajstić information content (AvgIpc) is 2.46. The van der Waals surface area contributed by atoms with Gasteiger partial charge in [0.1, 0.15) is 0 Å². The maximum atomic E-state index is 9.40. The smallest absolute Gasteiger partial charge is 0.174 e. The standard InChI is InChI=1S/C15H26N4O2/c1-5-12(6-2)19(7-8-20)13-9-10(3)17-11(4)14(13)15(16)18-21/h9,12,20-21H,5-8H2,1-4H3,(H2,16,18). The van der Waals surface area contributed by atoms with E-state index in [0.717, 1.165) is 24.2 Å². The van der Waals surface area contributed by atoms with Gasteiger partial charge in [0.05, 0.1) is 23.6 Å². The van der Waals surface area contributed by atoms with Gasteiger partial charge in [0.25, 0.3) is 0 Å². The highest BCUT2D eigenvalue weighted by molar-refractivity contribution is 6.03. The summed E-state index contributed by atoms with van der Waals surface area (Å²) >= 11 is 0. The van der Waals surface area contributed by atoms with Crippen molar-refractivity contribution in [3.05, 3.63) is 23.0 Å². The summed E-state index contributed by atoms with van der Waals surface area (Å²) in [6, 6.07) is 2.21. The number of nitrogens with zero attached hydrogens (tertiary/aromatic N) is 3. The van der Waals surface area contributed by atoms with E-state index in [1.165, 1.54) is 0 Å². The Morgan fingerprint density at radius 2 is 2.00 bits per heavy atom. The van der Waals surface area contributed by atoms with Gasteiger partial charge in [-0.15, -0.1) is 0 Å². The van der Waals surface area contributed by atoms with Crippen LogP contribution in [0.4, 0.5) is 5.69 Å². The van der Waals surface area contributed by atoms with Gasteiger partial charge in [-0.1, -0.05) is 19.0 Å². The first-order valence-electron chi connectivity index (χ1n) is 7.33. The number of aromatic nitrogens is 1. The molecule has 0 bridgehead atoms. The monoisotopic (exact) mass is 294 g/mol. The summed E-state index contributed by atoms with van der Waals surface area (Å²) < 4.78 is 0. The molecular weight excluding hydrogens is 268 g/mol. The van der Waals surface area contributed by atoms with Crippen LogP contribution in [0.1, 0.15) is 43.6 Å². The van der Waals surface area contributed by atoms with Crippen molar-refractivity contribution in [2.75, 3.05) is 18.1 Å². The van der Waals surface area contributed by atoms with Crippen molar-refractivity contribution in [1.29, 1.82) is 0 Å². The Hall–Kier alpha value is -1.82. The maximum Gasteiger partial charge on any atom is 0.174 e. The fourth-order valence-electron chi connectivity index (χ4n) is 2.74. The molecule has 1 heterocycles. The van der Waals surface area contributed by atoms with Crippen molar-refractivity contribution in [3.63, 3.8) is 0 Å². The van der Waals surface area contributed by atoms with E-state index in [-0.39, 0.29) is 18.5 Å². The van der Waals surface area contributed by atoms with Crippen LogP contribution in [-0.2, 0) is 0 Å². The lowest BCUT2D eigenvalue weighted by Crippen LogP contribution is -2.38. The van der Waals surface area contributed by atoms with Crippen molar-refractivity contribution in [2.24, 2.45) is 10.9 Å². The van der Waals surface area contributed by atoms with Crippen molar-refractivity contribution >= 4 is 11.5 Å². The molecule has 6 heteroatoms. The molecule has 6 nitrogen and oxygen atoms in total. The highest BCUT2D eigenvalue weighted by Crippen LogP contribution is 2.27. The van der Waals surface area contributed by atoms with Crippen LogP contribution in [0.2, 0.25) is 0 Å². The van der Waals surface area contributed by atoms with Crippen LogP contribution in [-0.4, -0.2) is 40.3 Å². The van der Waals surface area contributed by atoms with E-state index >= 15 is 0 Å². The molecule has 0 aliphatic rings. The SMILES string of the molecule is CCC(CC)N(CCO)c1cc(C)nc(C)c1/C(N)=N/O. The van der Waals surface area contributed by atoms with Crippen molar-refractivity contribution in [1.82, 2.24) is 4.98 Å². The predicted octanol–water partition coefficient (Wildman–Crippen LogP) is 1.78. The summed E-state index contributed by atoms with van der Waals surface area (Å²) in [6.07, 6.45) is 1.90. The number of aliphatic hydroxyl groups is 1. The van der Waals surface area contributed by atoms with E-state index in [1.807, 2.05) is 19.9 Å². The van der Waals surface area contributed by atoms with Gasteiger partial charge < -0.3 is 20.9 Å². The van der Waals surface area contributed by atoms with Crippen LogP contribution in [0.3, 0.4) is 0 Å². The molecule has 21 heavy (non-hydrogen) atoms. The number of oxime groups is 1. The van der Waals surface area contributed by atoms with Crippen molar-refractivity contribution in [3.8, 4) is 0 Å². The van der Waals surface area contributed by atoms with Gasteiger partial charge in [-0.2, -0.15) is 0 Å². The van der Waals surface area contributed by atoms with Gasteiger partial charge >= 0.3 is 0 Å². The molecule has 4 N–H and O–H groups in total. The molecular formula is C15H26N4O2. The second-order valence-corrected chi connectivity index (χ2v) is 5.12. The summed E-state index contributed by atoms with van der Waals surface area (Å²) in [5, 5.41) is 21.6. The van der Waals surface area contributed by atoms with E-state index in [1.54, 1.807) is 0 Å². The normalized spacial score (nSPS) is 12.0. The van der Waals surface area contributed by atoms with Gasteiger partial charge in [0, 0.05) is 18.3 Å². The topological polar surface area (TPSA) is 95.0 Å². The molecule has 0 aromatic carbocycles. The molecule has 0 aliphatic carbocycles. The molecule has 0 unspecified atom stereocenters. The summed E-state index contributed by atoms with van der Waals surface area (Å²) in [5.74, 6) is 0.0453. The Bertz CT molecular complexity index is 499. The van der Waals surface area contributed by atoms with E-state index in [9.17, 15) is 5.11 Å². The number of anilines is 1. The molecule has 0 aliphatic heterocycles. The fraction of sp³-hybridized carbons (Fsp3) is 0.600. The number of amidine groups is 1.